The van der Waals surface area contributed by atoms with Gasteiger partial charge >= 0.3 is 0 Å². The quantitative estimate of drug-likeness (QED) is 0.879. The summed E-state index contributed by atoms with van der Waals surface area (Å²) >= 11 is 1.64. The van der Waals surface area contributed by atoms with Crippen molar-refractivity contribution in [2.75, 3.05) is 31.6 Å². The number of benzene rings is 1. The van der Waals surface area contributed by atoms with Crippen LogP contribution in [0.5, 0.6) is 0 Å². The Balaban J connectivity index is 1.41. The maximum absolute atomic E-state index is 5.88. The van der Waals surface area contributed by atoms with Crippen molar-refractivity contribution in [2.24, 2.45) is 10.9 Å². The molecular weight excluding hydrogens is 296 g/mol. The van der Waals surface area contributed by atoms with Gasteiger partial charge in [0, 0.05) is 6.54 Å². The largest absolute Gasteiger partial charge is 0.462 e. The molecule has 1 spiro atoms. The highest BCUT2D eigenvalue weighted by atomic mass is 32.1. The van der Waals surface area contributed by atoms with Crippen LogP contribution in [-0.2, 0) is 4.74 Å². The number of para-hydroxylation sites is 1. The number of aliphatic imine (C=N–C) groups is 1. The molecule has 6 rings (SSSR count). The Morgan fingerprint density at radius 1 is 1.27 bits per heavy atom. The fourth-order valence-electron chi connectivity index (χ4n) is 3.98. The summed E-state index contributed by atoms with van der Waals surface area (Å²) in [5, 5.41) is 4.14. The van der Waals surface area contributed by atoms with Gasteiger partial charge in [-0.3, -0.25) is 5.32 Å². The number of ether oxygens (including phenoxy) is 1. The molecule has 0 aliphatic carbocycles. The zero-order valence-electron chi connectivity index (χ0n) is 12.3. The van der Waals surface area contributed by atoms with E-state index in [1.807, 2.05) is 18.2 Å². The fourth-order valence-corrected chi connectivity index (χ4v) is 4.83. The first-order chi connectivity index (χ1) is 10.8. The maximum Gasteiger partial charge on any atom is 0.291 e. The number of nitrogens with zero attached hydrogens (tertiary/aromatic N) is 3. The van der Waals surface area contributed by atoms with Gasteiger partial charge in [-0.2, -0.15) is 0 Å². The minimum absolute atomic E-state index is 0.0183. The number of hydrogen-bond acceptors (Lipinski definition) is 6. The number of rotatable bonds is 1. The molecule has 1 N–H and O–H groups in total. The predicted molar refractivity (Wildman–Crippen MR) is 88.5 cm³/mol. The molecule has 1 aromatic heterocycles. The van der Waals surface area contributed by atoms with Gasteiger partial charge in [0.25, 0.3) is 6.02 Å². The van der Waals surface area contributed by atoms with Crippen molar-refractivity contribution in [1.29, 1.82) is 0 Å². The highest BCUT2D eigenvalue weighted by Crippen LogP contribution is 2.41. The lowest BCUT2D eigenvalue weighted by Gasteiger charge is -2.48. The summed E-state index contributed by atoms with van der Waals surface area (Å²) < 4.78 is 7.06. The van der Waals surface area contributed by atoms with E-state index in [1.165, 1.54) is 30.6 Å². The summed E-state index contributed by atoms with van der Waals surface area (Å²) in [6.45, 7) is 4.20. The van der Waals surface area contributed by atoms with Crippen LogP contribution in [-0.4, -0.2) is 47.7 Å². The molecule has 1 aromatic carbocycles. The van der Waals surface area contributed by atoms with Crippen LogP contribution in [0, 0.1) is 5.92 Å². The van der Waals surface area contributed by atoms with E-state index in [1.54, 1.807) is 11.3 Å². The van der Waals surface area contributed by atoms with E-state index >= 15 is 0 Å². The molecule has 2 bridgehead atoms. The second kappa shape index (κ2) is 4.67. The highest BCUT2D eigenvalue weighted by molar-refractivity contribution is 7.22. The lowest BCUT2D eigenvalue weighted by Crippen LogP contribution is -2.58. The summed E-state index contributed by atoms with van der Waals surface area (Å²) in [5.41, 5.74) is 1.00. The van der Waals surface area contributed by atoms with Gasteiger partial charge in [-0.05, 0) is 44.0 Å². The first-order valence-electron chi connectivity index (χ1n) is 7.88. The number of hydrogen-bond donors (Lipinski definition) is 1. The first kappa shape index (κ1) is 12.8. The number of fused-ring (bicyclic) bond motifs is 3. The van der Waals surface area contributed by atoms with E-state index in [9.17, 15) is 0 Å². The van der Waals surface area contributed by atoms with E-state index in [0.29, 0.717) is 18.5 Å². The van der Waals surface area contributed by atoms with Crippen LogP contribution in [0.3, 0.4) is 0 Å². The predicted octanol–water partition coefficient (Wildman–Crippen LogP) is 2.56. The van der Waals surface area contributed by atoms with Crippen molar-refractivity contribution in [2.45, 2.75) is 18.4 Å². The molecule has 4 aliphatic rings. The lowest BCUT2D eigenvalue weighted by molar-refractivity contribution is 0.0167. The summed E-state index contributed by atoms with van der Waals surface area (Å²) in [6.07, 6.45) is 2.50. The van der Waals surface area contributed by atoms with Gasteiger partial charge in [-0.25, -0.2) is 9.98 Å². The Kier molecular flexibility index (Phi) is 2.72. The average Bonchev–Trinajstić information content (AvgIpc) is 3.12. The second-order valence-corrected chi connectivity index (χ2v) is 7.50. The topological polar surface area (TPSA) is 49.8 Å². The van der Waals surface area contributed by atoms with Crippen LogP contribution in [0.4, 0.5) is 5.13 Å². The van der Waals surface area contributed by atoms with Gasteiger partial charge in [0.05, 0.1) is 10.2 Å². The summed E-state index contributed by atoms with van der Waals surface area (Å²) in [7, 11) is 0. The number of nitrogens with one attached hydrogen (secondary N) is 1. The number of amidine groups is 1. The fraction of sp³-hybridized carbons (Fsp3) is 0.500. The normalized spacial score (nSPS) is 33.2. The van der Waals surface area contributed by atoms with Crippen LogP contribution in [0.25, 0.3) is 10.2 Å². The highest BCUT2D eigenvalue weighted by Gasteiger charge is 2.50. The van der Waals surface area contributed by atoms with Crippen molar-refractivity contribution in [3.63, 3.8) is 0 Å². The van der Waals surface area contributed by atoms with Crippen molar-refractivity contribution < 1.29 is 4.74 Å². The SMILES string of the molecule is c1ccc2sc(NC3=NC4(CO3)CN3CCC4CC3)nc2c1. The van der Waals surface area contributed by atoms with Crippen LogP contribution < -0.4 is 5.32 Å². The molecule has 114 valence electrons. The lowest BCUT2D eigenvalue weighted by atomic mass is 9.74. The molecule has 3 saturated heterocycles. The smallest absolute Gasteiger partial charge is 0.291 e. The summed E-state index contributed by atoms with van der Waals surface area (Å²) in [6, 6.07) is 8.81. The molecule has 1 atom stereocenters. The maximum atomic E-state index is 5.88. The molecule has 0 saturated carbocycles. The molecule has 6 heteroatoms. The Morgan fingerprint density at radius 3 is 2.91 bits per heavy atom. The number of anilines is 1. The average molecular weight is 314 g/mol. The van der Waals surface area contributed by atoms with Gasteiger partial charge < -0.3 is 9.64 Å². The van der Waals surface area contributed by atoms with Crippen molar-refractivity contribution in [1.82, 2.24) is 9.88 Å². The third-order valence-corrected chi connectivity index (χ3v) is 6.09. The first-order valence-corrected chi connectivity index (χ1v) is 8.70. The molecule has 3 fully saturated rings. The van der Waals surface area contributed by atoms with Crippen LogP contribution in [0.2, 0.25) is 0 Å². The zero-order valence-corrected chi connectivity index (χ0v) is 13.1. The third kappa shape index (κ3) is 1.94. The van der Waals surface area contributed by atoms with Crippen LogP contribution in [0.1, 0.15) is 12.8 Å². The van der Waals surface area contributed by atoms with E-state index in [2.05, 4.69) is 21.3 Å². The second-order valence-electron chi connectivity index (χ2n) is 6.47. The molecule has 22 heavy (non-hydrogen) atoms. The molecule has 1 unspecified atom stereocenters. The molecular formula is C16H18N4OS. The summed E-state index contributed by atoms with van der Waals surface area (Å²) in [4.78, 5) is 12.1. The Hall–Kier alpha value is -1.66. The molecule has 0 radical (unpaired) electrons. The van der Waals surface area contributed by atoms with Crippen LogP contribution >= 0.6 is 11.3 Å². The molecule has 0 amide bonds. The summed E-state index contributed by atoms with van der Waals surface area (Å²) in [5.74, 6) is 0.673. The van der Waals surface area contributed by atoms with E-state index in [4.69, 9.17) is 9.73 Å². The monoisotopic (exact) mass is 314 g/mol. The Labute approximate surface area is 133 Å². The molecule has 2 aromatic rings. The number of aromatic nitrogens is 1. The van der Waals surface area contributed by atoms with Gasteiger partial charge in [0.2, 0.25) is 0 Å². The van der Waals surface area contributed by atoms with Gasteiger partial charge in [0.1, 0.15) is 12.1 Å². The third-order valence-electron chi connectivity index (χ3n) is 5.14. The molecule has 5 nitrogen and oxygen atoms in total. The Bertz CT molecular complexity index is 716. The van der Waals surface area contributed by atoms with Crippen LogP contribution in [0.15, 0.2) is 29.3 Å². The number of piperidine rings is 3. The number of thiazole rings is 1. The minimum atomic E-state index is -0.0183. The van der Waals surface area contributed by atoms with E-state index < -0.39 is 0 Å². The van der Waals surface area contributed by atoms with Gasteiger partial charge in [-0.1, -0.05) is 23.5 Å². The molecule has 4 aliphatic heterocycles. The van der Waals surface area contributed by atoms with Gasteiger partial charge in [0.15, 0.2) is 5.13 Å². The standard InChI is InChI=1S/C16H18N4OS/c1-2-4-13-12(3-1)17-15(22-13)18-14-19-16(10-21-14)9-20-7-5-11(16)6-8-20/h1-4,11H,5-10H2,(H,17,18,19). The van der Waals surface area contributed by atoms with E-state index in [0.717, 1.165) is 17.2 Å². The molecule has 5 heterocycles. The zero-order chi connectivity index (χ0) is 14.6. The van der Waals surface area contributed by atoms with Crippen molar-refractivity contribution in [3.05, 3.63) is 24.3 Å². The Morgan fingerprint density at radius 2 is 2.14 bits per heavy atom. The van der Waals surface area contributed by atoms with Crippen molar-refractivity contribution in [3.8, 4) is 0 Å². The van der Waals surface area contributed by atoms with Gasteiger partial charge in [-0.15, -0.1) is 0 Å². The van der Waals surface area contributed by atoms with E-state index in [-0.39, 0.29) is 5.54 Å². The van der Waals surface area contributed by atoms with Crippen molar-refractivity contribution >= 4 is 32.7 Å². The minimum Gasteiger partial charge on any atom is -0.462 e.